The van der Waals surface area contributed by atoms with Gasteiger partial charge in [0, 0.05) is 33.3 Å². The van der Waals surface area contributed by atoms with Crippen molar-refractivity contribution in [3.8, 4) is 17.1 Å². The number of halogens is 1. The maximum atomic E-state index is 12.9. The number of nitrogens with two attached hydrogens (primary N) is 1. The van der Waals surface area contributed by atoms with E-state index >= 15 is 0 Å². The quantitative estimate of drug-likeness (QED) is 0.475. The van der Waals surface area contributed by atoms with Crippen LogP contribution in [0.25, 0.3) is 17.1 Å². The van der Waals surface area contributed by atoms with Gasteiger partial charge < -0.3 is 5.73 Å². The number of amides is 1. The first-order valence-corrected chi connectivity index (χ1v) is 12.5. The maximum Gasteiger partial charge on any atom is 0.252 e. The summed E-state index contributed by atoms with van der Waals surface area (Å²) in [6, 6.07) is 16.3. The molecule has 2 aliphatic carbocycles. The summed E-state index contributed by atoms with van der Waals surface area (Å²) in [6.07, 6.45) is 3.37. The van der Waals surface area contributed by atoms with E-state index in [9.17, 15) is 9.59 Å². The molecule has 0 aliphatic heterocycles. The molecule has 0 spiro atoms. The van der Waals surface area contributed by atoms with Crippen LogP contribution < -0.4 is 5.73 Å². The van der Waals surface area contributed by atoms with Crippen LogP contribution in [0.1, 0.15) is 57.0 Å². The van der Waals surface area contributed by atoms with Gasteiger partial charge >= 0.3 is 0 Å². The molecule has 5 nitrogen and oxygen atoms in total. The predicted octanol–water partition coefficient (Wildman–Crippen LogP) is 5.77. The Kier molecular flexibility index (Phi) is 5.71. The average Bonchev–Trinajstić information content (AvgIpc) is 3.22. The number of ketones is 1. The van der Waals surface area contributed by atoms with Crippen LogP contribution in [0.3, 0.4) is 0 Å². The maximum absolute atomic E-state index is 12.9. The third-order valence-electron chi connectivity index (χ3n) is 7.84. The molecule has 2 N–H and O–H groups in total. The van der Waals surface area contributed by atoms with E-state index < -0.39 is 11.3 Å². The van der Waals surface area contributed by atoms with E-state index in [1.54, 1.807) is 6.08 Å². The number of primary amides is 1. The SMILES string of the molecule is CC(C)c1ccc(-c2nc3c(n2-c2cccc(Cl)c2)CC[C@@H]2[C@@H](C)C(=O)C(C(N)=O)=C[C@@]32C)cc1. The molecular weight excluding hydrogens is 458 g/mol. The monoisotopic (exact) mass is 487 g/mol. The number of benzene rings is 2. The smallest absolute Gasteiger partial charge is 0.252 e. The number of carbonyl (C=O) groups is 2. The Labute approximate surface area is 211 Å². The molecule has 2 aliphatic rings. The fourth-order valence-corrected chi connectivity index (χ4v) is 6.11. The minimum Gasteiger partial charge on any atom is -0.365 e. The molecule has 3 atom stereocenters. The summed E-state index contributed by atoms with van der Waals surface area (Å²) in [7, 11) is 0. The van der Waals surface area contributed by atoms with E-state index in [1.165, 1.54) is 5.56 Å². The fourth-order valence-electron chi connectivity index (χ4n) is 5.92. The molecule has 0 unspecified atom stereocenters. The van der Waals surface area contributed by atoms with Crippen molar-refractivity contribution in [1.29, 1.82) is 0 Å². The number of rotatable bonds is 4. The van der Waals surface area contributed by atoms with Crippen LogP contribution in [0.15, 0.2) is 60.2 Å². The van der Waals surface area contributed by atoms with Crippen LogP contribution in [0.2, 0.25) is 5.02 Å². The van der Waals surface area contributed by atoms with Crippen molar-refractivity contribution in [2.45, 2.75) is 51.9 Å². The van der Waals surface area contributed by atoms with Crippen LogP contribution in [-0.2, 0) is 21.4 Å². The lowest BCUT2D eigenvalue weighted by Gasteiger charge is -2.44. The van der Waals surface area contributed by atoms with Crippen molar-refractivity contribution < 1.29 is 9.59 Å². The van der Waals surface area contributed by atoms with Crippen LogP contribution in [0.5, 0.6) is 0 Å². The van der Waals surface area contributed by atoms with Gasteiger partial charge in [0.1, 0.15) is 5.82 Å². The van der Waals surface area contributed by atoms with E-state index in [0.717, 1.165) is 41.3 Å². The Morgan fingerprint density at radius 1 is 1.20 bits per heavy atom. The summed E-state index contributed by atoms with van der Waals surface area (Å²) in [5.41, 5.74) is 10.3. The standard InChI is InChI=1S/C29H30ClN3O2/c1-16(2)18-8-10-19(11-9-18)28-32-26-24(33(28)21-7-5-6-20(30)14-21)13-12-23-17(3)25(34)22(27(31)35)15-29(23,26)4/h5-11,14-17,23H,12-13H2,1-4H3,(H2,31,35)/t17-,23-,29-/m1/s1. The van der Waals surface area contributed by atoms with Crippen molar-refractivity contribution >= 4 is 23.3 Å². The van der Waals surface area contributed by atoms with E-state index in [4.69, 9.17) is 22.3 Å². The van der Waals surface area contributed by atoms with Gasteiger partial charge in [-0.3, -0.25) is 14.2 Å². The highest BCUT2D eigenvalue weighted by Crippen LogP contribution is 2.50. The second-order valence-electron chi connectivity index (χ2n) is 10.3. The molecule has 1 aromatic heterocycles. The van der Waals surface area contributed by atoms with Gasteiger partial charge in [-0.05, 0) is 48.4 Å². The van der Waals surface area contributed by atoms with Gasteiger partial charge in [0.2, 0.25) is 0 Å². The Hall–Kier alpha value is -3.18. The Bertz CT molecular complexity index is 1370. The average molecular weight is 488 g/mol. The summed E-state index contributed by atoms with van der Waals surface area (Å²) in [5.74, 6) is 0.168. The summed E-state index contributed by atoms with van der Waals surface area (Å²) >= 11 is 6.39. The number of Topliss-reactive ketones (excluding diaryl/α,β-unsaturated/α-hetero) is 1. The van der Waals surface area contributed by atoms with Gasteiger partial charge in [0.05, 0.1) is 11.3 Å². The number of imidazole rings is 1. The first-order valence-electron chi connectivity index (χ1n) is 12.2. The number of aromatic nitrogens is 2. The first kappa shape index (κ1) is 23.6. The molecule has 1 heterocycles. The van der Waals surface area contributed by atoms with Crippen molar-refractivity contribution in [1.82, 2.24) is 9.55 Å². The van der Waals surface area contributed by atoms with E-state index in [-0.39, 0.29) is 23.2 Å². The summed E-state index contributed by atoms with van der Waals surface area (Å²) in [5, 5.41) is 0.652. The largest absolute Gasteiger partial charge is 0.365 e. The molecule has 0 saturated carbocycles. The summed E-state index contributed by atoms with van der Waals surface area (Å²) in [4.78, 5) is 30.3. The number of nitrogens with zero attached hydrogens (tertiary/aromatic N) is 2. The zero-order valence-electron chi connectivity index (χ0n) is 20.5. The second-order valence-corrected chi connectivity index (χ2v) is 10.8. The Morgan fingerprint density at radius 2 is 1.91 bits per heavy atom. The lowest BCUT2D eigenvalue weighted by atomic mass is 9.58. The molecule has 35 heavy (non-hydrogen) atoms. The molecule has 0 radical (unpaired) electrons. The van der Waals surface area contributed by atoms with Gasteiger partial charge in [0.15, 0.2) is 5.78 Å². The Balaban J connectivity index is 1.77. The second kappa shape index (κ2) is 8.49. The summed E-state index contributed by atoms with van der Waals surface area (Å²) in [6.45, 7) is 8.35. The molecule has 2 aromatic carbocycles. The van der Waals surface area contributed by atoms with E-state index in [1.807, 2.05) is 31.2 Å². The van der Waals surface area contributed by atoms with Crippen LogP contribution >= 0.6 is 11.6 Å². The molecule has 0 saturated heterocycles. The molecule has 0 fully saturated rings. The third-order valence-corrected chi connectivity index (χ3v) is 8.07. The predicted molar refractivity (Wildman–Crippen MR) is 139 cm³/mol. The summed E-state index contributed by atoms with van der Waals surface area (Å²) < 4.78 is 2.19. The minimum absolute atomic E-state index is 0.0458. The topological polar surface area (TPSA) is 78.0 Å². The van der Waals surface area contributed by atoms with Gasteiger partial charge in [-0.1, -0.05) is 75.7 Å². The van der Waals surface area contributed by atoms with Gasteiger partial charge in [0.25, 0.3) is 5.91 Å². The van der Waals surface area contributed by atoms with Crippen LogP contribution in [-0.4, -0.2) is 21.2 Å². The fraction of sp³-hybridized carbons (Fsp3) is 0.345. The van der Waals surface area contributed by atoms with E-state index in [0.29, 0.717) is 10.9 Å². The minimum atomic E-state index is -0.674. The molecule has 6 heteroatoms. The molecule has 180 valence electrons. The van der Waals surface area contributed by atoms with Crippen molar-refractivity contribution in [2.24, 2.45) is 17.6 Å². The number of allylic oxidation sites excluding steroid dienone is 1. The normalized spacial score (nSPS) is 23.6. The number of hydrogen-bond donors (Lipinski definition) is 1. The molecule has 3 aromatic rings. The van der Waals surface area contributed by atoms with Crippen LogP contribution in [0.4, 0.5) is 0 Å². The Morgan fingerprint density at radius 3 is 2.54 bits per heavy atom. The van der Waals surface area contributed by atoms with Crippen LogP contribution in [0, 0.1) is 11.8 Å². The highest BCUT2D eigenvalue weighted by atomic mass is 35.5. The highest BCUT2D eigenvalue weighted by Gasteiger charge is 2.51. The number of hydrogen-bond acceptors (Lipinski definition) is 3. The van der Waals surface area contributed by atoms with Gasteiger partial charge in [-0.15, -0.1) is 0 Å². The zero-order valence-corrected chi connectivity index (χ0v) is 21.3. The molecule has 0 bridgehead atoms. The highest BCUT2D eigenvalue weighted by molar-refractivity contribution is 6.30. The first-order chi connectivity index (χ1) is 16.6. The third kappa shape index (κ3) is 3.73. The lowest BCUT2D eigenvalue weighted by Crippen LogP contribution is -2.47. The lowest BCUT2D eigenvalue weighted by molar-refractivity contribution is -0.125. The molecular formula is C29H30ClN3O2. The zero-order chi connectivity index (χ0) is 25.1. The van der Waals surface area contributed by atoms with Gasteiger partial charge in [-0.2, -0.15) is 0 Å². The van der Waals surface area contributed by atoms with Gasteiger partial charge in [-0.25, -0.2) is 4.98 Å². The van der Waals surface area contributed by atoms with Crippen molar-refractivity contribution in [2.75, 3.05) is 0 Å². The molecule has 5 rings (SSSR count). The van der Waals surface area contributed by atoms with Crippen molar-refractivity contribution in [3.05, 3.63) is 82.2 Å². The number of carbonyl (C=O) groups excluding carboxylic acids is 2. The molecule has 1 amide bonds. The van der Waals surface area contributed by atoms with E-state index in [2.05, 4.69) is 49.6 Å². The number of fused-ring (bicyclic) bond motifs is 3. The van der Waals surface area contributed by atoms with Crippen molar-refractivity contribution in [3.63, 3.8) is 0 Å².